The van der Waals surface area contributed by atoms with Crippen LogP contribution in [0.2, 0.25) is 0 Å². The molecule has 9 nitrogen and oxygen atoms in total. The summed E-state index contributed by atoms with van der Waals surface area (Å²) >= 11 is 0. The van der Waals surface area contributed by atoms with Crippen molar-refractivity contribution in [2.24, 2.45) is 11.3 Å². The summed E-state index contributed by atoms with van der Waals surface area (Å²) in [6.45, 7) is 7.15. The van der Waals surface area contributed by atoms with E-state index in [1.807, 2.05) is 44.0 Å². The number of carbonyl (C=O) groups excluding carboxylic acids is 2. The van der Waals surface area contributed by atoms with Gasteiger partial charge in [0.15, 0.2) is 5.72 Å². The minimum Gasteiger partial charge on any atom is -0.363 e. The van der Waals surface area contributed by atoms with Gasteiger partial charge < -0.3 is 30.1 Å². The van der Waals surface area contributed by atoms with Crippen LogP contribution < -0.4 is 10.6 Å². The Kier molecular flexibility index (Phi) is 9.08. The normalized spacial score (nSPS) is 26.3. The molecule has 4 aliphatic rings. The van der Waals surface area contributed by atoms with E-state index in [4.69, 9.17) is 4.74 Å². The van der Waals surface area contributed by atoms with E-state index in [-0.39, 0.29) is 37.9 Å². The molecule has 2 amide bonds. The van der Waals surface area contributed by atoms with E-state index in [1.165, 1.54) is 4.90 Å². The molecule has 3 aliphatic heterocycles. The molecule has 2 atom stereocenters. The van der Waals surface area contributed by atoms with Crippen molar-refractivity contribution in [3.05, 3.63) is 53.6 Å². The third kappa shape index (κ3) is 6.00. The van der Waals surface area contributed by atoms with Gasteiger partial charge in [-0.15, -0.1) is 0 Å². The Labute approximate surface area is 251 Å². The Morgan fingerprint density at radius 3 is 2.51 bits per heavy atom. The van der Waals surface area contributed by atoms with Crippen molar-refractivity contribution in [1.29, 1.82) is 0 Å². The fourth-order valence-corrected chi connectivity index (χ4v) is 7.02. The second kappa shape index (κ2) is 12.5. The minimum atomic E-state index is -4.58. The van der Waals surface area contributed by atoms with Crippen LogP contribution in [0.1, 0.15) is 51.5 Å². The van der Waals surface area contributed by atoms with Crippen LogP contribution in [0.25, 0.3) is 0 Å². The van der Waals surface area contributed by atoms with Crippen molar-refractivity contribution < 1.29 is 27.5 Å². The number of rotatable bonds is 9. The topological polar surface area (TPSA) is 90.0 Å². The lowest BCUT2D eigenvalue weighted by molar-refractivity contribution is -0.226. The van der Waals surface area contributed by atoms with Crippen LogP contribution >= 0.6 is 0 Å². The number of hydrogen-bond acceptors (Lipinski definition) is 7. The lowest BCUT2D eigenvalue weighted by atomic mass is 9.83. The number of dihydropyridines is 1. The molecule has 1 unspecified atom stereocenters. The number of allylic oxidation sites excluding steroid dienone is 1. The summed E-state index contributed by atoms with van der Waals surface area (Å²) in [5, 5.41) is 6.47. The minimum absolute atomic E-state index is 0.146. The number of aromatic nitrogens is 1. The van der Waals surface area contributed by atoms with Gasteiger partial charge in [0.2, 0.25) is 5.91 Å². The van der Waals surface area contributed by atoms with E-state index in [2.05, 4.69) is 20.5 Å². The van der Waals surface area contributed by atoms with E-state index in [1.54, 1.807) is 18.5 Å². The summed E-state index contributed by atoms with van der Waals surface area (Å²) in [7, 11) is 2.04. The largest absolute Gasteiger partial charge is 0.403 e. The SMILES string of the molecule is CCOC1(c2cccnc2)C=CC(N2CCN(C(=O)C3(C(F)(F)F)CCCC3)C[C@H]2CC)=C(C(=O)NCC2CN(C)C2)N1. The highest BCUT2D eigenvalue weighted by molar-refractivity contribution is 5.94. The van der Waals surface area contributed by atoms with Crippen LogP contribution in [-0.2, 0) is 20.1 Å². The molecule has 1 aromatic heterocycles. The Hall–Kier alpha value is -3.12. The van der Waals surface area contributed by atoms with Gasteiger partial charge in [0, 0.05) is 75.8 Å². The van der Waals surface area contributed by atoms with Gasteiger partial charge >= 0.3 is 6.18 Å². The lowest BCUT2D eigenvalue weighted by Gasteiger charge is -2.47. The van der Waals surface area contributed by atoms with Gasteiger partial charge in [-0.1, -0.05) is 25.8 Å². The number of likely N-dealkylation sites (tertiary alicyclic amines) is 1. The van der Waals surface area contributed by atoms with Crippen molar-refractivity contribution >= 4 is 11.8 Å². The van der Waals surface area contributed by atoms with Gasteiger partial charge in [-0.05, 0) is 51.5 Å². The number of ether oxygens (including phenoxy) is 1. The molecule has 43 heavy (non-hydrogen) atoms. The van der Waals surface area contributed by atoms with Gasteiger partial charge in [-0.25, -0.2) is 0 Å². The molecule has 0 aromatic carbocycles. The maximum Gasteiger partial charge on any atom is 0.403 e. The molecule has 0 radical (unpaired) electrons. The highest BCUT2D eigenvalue weighted by atomic mass is 19.4. The number of carbonyl (C=O) groups is 2. The van der Waals surface area contributed by atoms with Gasteiger partial charge in [0.05, 0.1) is 5.70 Å². The predicted octanol–water partition coefficient (Wildman–Crippen LogP) is 3.37. The molecule has 236 valence electrons. The monoisotopic (exact) mass is 604 g/mol. The van der Waals surface area contributed by atoms with Crippen LogP contribution in [0.4, 0.5) is 13.2 Å². The summed E-state index contributed by atoms with van der Waals surface area (Å²) in [5.41, 5.74) is -1.73. The summed E-state index contributed by atoms with van der Waals surface area (Å²) in [5.74, 6) is -0.726. The van der Waals surface area contributed by atoms with Crippen molar-refractivity contribution in [2.45, 2.75) is 63.9 Å². The van der Waals surface area contributed by atoms with Gasteiger partial charge in [0.1, 0.15) is 11.1 Å². The average molecular weight is 605 g/mol. The molecule has 12 heteroatoms. The van der Waals surface area contributed by atoms with Gasteiger partial charge in [0.25, 0.3) is 5.91 Å². The maximum atomic E-state index is 14.2. The number of nitrogens with one attached hydrogen (secondary N) is 2. The number of halogens is 3. The zero-order valence-electron chi connectivity index (χ0n) is 25.3. The average Bonchev–Trinajstić information content (AvgIpc) is 3.50. The first-order valence-electron chi connectivity index (χ1n) is 15.4. The van der Waals surface area contributed by atoms with Gasteiger partial charge in [-0.3, -0.25) is 14.6 Å². The number of nitrogens with zero attached hydrogens (tertiary/aromatic N) is 4. The quantitative estimate of drug-likeness (QED) is 0.447. The Morgan fingerprint density at radius 1 is 1.16 bits per heavy atom. The van der Waals surface area contributed by atoms with Crippen LogP contribution in [-0.4, -0.2) is 96.6 Å². The molecular weight excluding hydrogens is 561 g/mol. The number of amides is 2. The van der Waals surface area contributed by atoms with Crippen molar-refractivity contribution in [2.75, 3.05) is 52.9 Å². The highest BCUT2D eigenvalue weighted by Crippen LogP contribution is 2.52. The Bertz CT molecular complexity index is 1230. The van der Waals surface area contributed by atoms with Crippen LogP contribution in [0.5, 0.6) is 0 Å². The van der Waals surface area contributed by atoms with E-state index in [9.17, 15) is 22.8 Å². The van der Waals surface area contributed by atoms with E-state index >= 15 is 0 Å². The fourth-order valence-electron chi connectivity index (χ4n) is 7.02. The third-order valence-corrected chi connectivity index (χ3v) is 9.38. The molecule has 4 heterocycles. The molecule has 1 saturated carbocycles. The molecule has 5 rings (SSSR count). The standard InChI is InChI=1S/C31H43F3N6O3/c1-4-24-21-39(28(42)29(31(32,33)34)11-6-7-12-29)15-16-40(24)25-10-13-30(43-5-2,23-9-8-14-35-18-23)37-26(25)27(41)36-17-22-19-38(3)20-22/h8-10,13-14,18,22,24,37H,4-7,11-12,15-17,19-21H2,1-3H3,(H,36,41)/t24-,30?/m1/s1. The highest BCUT2D eigenvalue weighted by Gasteiger charge is 2.62. The van der Waals surface area contributed by atoms with E-state index < -0.39 is 23.2 Å². The lowest BCUT2D eigenvalue weighted by Crippen LogP contribution is -2.60. The van der Waals surface area contributed by atoms with E-state index in [0.717, 1.165) is 18.7 Å². The van der Waals surface area contributed by atoms with Gasteiger partial charge in [-0.2, -0.15) is 13.2 Å². The molecular formula is C31H43F3N6O3. The summed E-state index contributed by atoms with van der Waals surface area (Å²) in [6.07, 6.45) is 3.59. The van der Waals surface area contributed by atoms with Crippen LogP contribution in [0, 0.1) is 11.3 Å². The van der Waals surface area contributed by atoms with Crippen molar-refractivity contribution in [1.82, 2.24) is 30.3 Å². The van der Waals surface area contributed by atoms with Crippen LogP contribution in [0.15, 0.2) is 48.1 Å². The fraction of sp³-hybridized carbons (Fsp3) is 0.645. The first kappa shape index (κ1) is 31.3. The number of pyridine rings is 1. The third-order valence-electron chi connectivity index (χ3n) is 9.38. The zero-order valence-corrected chi connectivity index (χ0v) is 25.3. The molecule has 2 N–H and O–H groups in total. The van der Waals surface area contributed by atoms with Crippen molar-refractivity contribution in [3.8, 4) is 0 Å². The smallest absolute Gasteiger partial charge is 0.363 e. The van der Waals surface area contributed by atoms with Crippen molar-refractivity contribution in [3.63, 3.8) is 0 Å². The summed E-state index contributed by atoms with van der Waals surface area (Å²) < 4.78 is 48.9. The second-order valence-corrected chi connectivity index (χ2v) is 12.2. The number of hydrogen-bond donors (Lipinski definition) is 2. The zero-order chi connectivity index (χ0) is 30.8. The first-order chi connectivity index (χ1) is 20.5. The molecule has 1 aliphatic carbocycles. The number of alkyl halides is 3. The summed E-state index contributed by atoms with van der Waals surface area (Å²) in [4.78, 5) is 37.2. The molecule has 1 aromatic rings. The predicted molar refractivity (Wildman–Crippen MR) is 155 cm³/mol. The maximum absolute atomic E-state index is 14.2. The molecule has 0 spiro atoms. The van der Waals surface area contributed by atoms with Crippen LogP contribution in [0.3, 0.4) is 0 Å². The molecule has 3 fully saturated rings. The Balaban J connectivity index is 1.43. The summed E-state index contributed by atoms with van der Waals surface area (Å²) in [6, 6.07) is 3.41. The number of piperazine rings is 1. The Morgan fingerprint density at radius 2 is 1.91 bits per heavy atom. The van der Waals surface area contributed by atoms with E-state index in [0.29, 0.717) is 56.3 Å². The molecule has 0 bridgehead atoms. The molecule has 2 saturated heterocycles. The first-order valence-corrected chi connectivity index (χ1v) is 15.4. The second-order valence-electron chi connectivity index (χ2n) is 12.2.